The molecule has 1 aromatic rings. The molecule has 0 spiro atoms. The summed E-state index contributed by atoms with van der Waals surface area (Å²) in [4.78, 5) is 11.7. The third kappa shape index (κ3) is 2.87. The molecule has 0 fully saturated rings. The molecule has 0 aromatic heterocycles. The average Bonchev–Trinajstić information content (AvgIpc) is 2.37. The second kappa shape index (κ2) is 6.32. The van der Waals surface area contributed by atoms with Crippen LogP contribution in [0.1, 0.15) is 36.7 Å². The Balaban J connectivity index is 3.65. The van der Waals surface area contributed by atoms with E-state index in [-0.39, 0.29) is 28.6 Å². The van der Waals surface area contributed by atoms with Crippen LogP contribution < -0.4 is 9.47 Å². The lowest BCUT2D eigenvalue weighted by Crippen LogP contribution is -2.04. The van der Waals surface area contributed by atoms with Gasteiger partial charge in [0.2, 0.25) is 5.75 Å². The van der Waals surface area contributed by atoms with E-state index in [0.29, 0.717) is 12.0 Å². The molecule has 0 saturated heterocycles. The smallest absolute Gasteiger partial charge is 0.202 e. The molecular formula is C15H20O5. The minimum Gasteiger partial charge on any atom is -0.507 e. The highest BCUT2D eigenvalue weighted by molar-refractivity contribution is 6.01. The van der Waals surface area contributed by atoms with Gasteiger partial charge < -0.3 is 19.7 Å². The summed E-state index contributed by atoms with van der Waals surface area (Å²) >= 11 is 0. The van der Waals surface area contributed by atoms with Gasteiger partial charge in [-0.05, 0) is 27.2 Å². The first-order valence-electron chi connectivity index (χ1n) is 6.18. The lowest BCUT2D eigenvalue weighted by Gasteiger charge is -2.17. The number of allylic oxidation sites excluding steroid dienone is 2. The molecule has 0 aliphatic carbocycles. The van der Waals surface area contributed by atoms with E-state index >= 15 is 0 Å². The molecule has 0 unspecified atom stereocenters. The van der Waals surface area contributed by atoms with E-state index in [4.69, 9.17) is 9.47 Å². The molecule has 5 nitrogen and oxygen atoms in total. The maximum Gasteiger partial charge on any atom is 0.202 e. The third-order valence-electron chi connectivity index (χ3n) is 2.93. The number of phenolic OH excluding ortho intramolecular Hbond substituents is 2. The Hall–Kier alpha value is -2.17. The molecule has 2 N–H and O–H groups in total. The summed E-state index contributed by atoms with van der Waals surface area (Å²) in [7, 11) is 2.70. The molecule has 0 saturated carbocycles. The molecule has 0 aliphatic rings. The third-order valence-corrected chi connectivity index (χ3v) is 2.93. The zero-order chi connectivity index (χ0) is 15.4. The molecule has 0 amide bonds. The molecule has 0 heterocycles. The normalized spacial score (nSPS) is 10.1. The van der Waals surface area contributed by atoms with E-state index in [2.05, 4.69) is 0 Å². The molecule has 5 heteroatoms. The van der Waals surface area contributed by atoms with Crippen LogP contribution in [0.4, 0.5) is 0 Å². The fourth-order valence-corrected chi connectivity index (χ4v) is 1.97. The van der Waals surface area contributed by atoms with Gasteiger partial charge in [0.1, 0.15) is 11.3 Å². The standard InChI is InChI=1S/C15H20O5/c1-8(2)6-7-10-12(17)11(9(3)16)15(20-5)13(18)14(10)19-4/h6,17-18H,7H2,1-5H3. The Labute approximate surface area is 118 Å². The summed E-state index contributed by atoms with van der Waals surface area (Å²) in [5, 5.41) is 20.5. The monoisotopic (exact) mass is 280 g/mol. The number of hydrogen-bond donors (Lipinski definition) is 2. The van der Waals surface area contributed by atoms with Crippen LogP contribution in [0.15, 0.2) is 11.6 Å². The number of carbonyl (C=O) groups excluding carboxylic acids is 1. The Morgan fingerprint density at radius 2 is 1.60 bits per heavy atom. The molecule has 0 atom stereocenters. The largest absolute Gasteiger partial charge is 0.507 e. The number of ketones is 1. The van der Waals surface area contributed by atoms with Gasteiger partial charge in [-0.1, -0.05) is 11.6 Å². The van der Waals surface area contributed by atoms with Crippen molar-refractivity contribution in [2.45, 2.75) is 27.2 Å². The number of methoxy groups -OCH3 is 2. The lowest BCUT2D eigenvalue weighted by atomic mass is 9.99. The van der Waals surface area contributed by atoms with Crippen molar-refractivity contribution in [3.63, 3.8) is 0 Å². The number of carbonyl (C=O) groups is 1. The Morgan fingerprint density at radius 3 is 2.00 bits per heavy atom. The maximum absolute atomic E-state index is 11.7. The number of aromatic hydroxyl groups is 2. The molecular weight excluding hydrogens is 260 g/mol. The van der Waals surface area contributed by atoms with Crippen LogP contribution in [0.2, 0.25) is 0 Å². The van der Waals surface area contributed by atoms with Crippen LogP contribution in [-0.4, -0.2) is 30.2 Å². The first-order chi connectivity index (χ1) is 9.34. The number of ether oxygens (including phenoxy) is 2. The average molecular weight is 280 g/mol. The van der Waals surface area contributed by atoms with E-state index in [9.17, 15) is 15.0 Å². The van der Waals surface area contributed by atoms with Crippen LogP contribution in [0.5, 0.6) is 23.0 Å². The summed E-state index contributed by atoms with van der Waals surface area (Å²) in [5.74, 6) is -0.859. The van der Waals surface area contributed by atoms with E-state index in [1.165, 1.54) is 21.1 Å². The molecule has 20 heavy (non-hydrogen) atoms. The van der Waals surface area contributed by atoms with Gasteiger partial charge in [0.05, 0.1) is 14.2 Å². The van der Waals surface area contributed by atoms with Crippen LogP contribution in [0.3, 0.4) is 0 Å². The number of phenols is 2. The molecule has 0 aliphatic heterocycles. The Bertz CT molecular complexity index is 554. The van der Waals surface area contributed by atoms with Crippen molar-refractivity contribution < 1.29 is 24.5 Å². The second-order valence-electron chi connectivity index (χ2n) is 4.66. The van der Waals surface area contributed by atoms with Crippen molar-refractivity contribution in [1.82, 2.24) is 0 Å². The van der Waals surface area contributed by atoms with E-state index in [1.807, 2.05) is 19.9 Å². The van der Waals surface area contributed by atoms with E-state index in [1.54, 1.807) is 0 Å². The summed E-state index contributed by atoms with van der Waals surface area (Å²) in [6, 6.07) is 0. The predicted octanol–water partition coefficient (Wildman–Crippen LogP) is 2.83. The van der Waals surface area contributed by atoms with Gasteiger partial charge >= 0.3 is 0 Å². The highest BCUT2D eigenvalue weighted by Gasteiger charge is 2.26. The number of Topliss-reactive ketones (excluding diaryl/α,β-unsaturated/α-hetero) is 1. The first-order valence-corrected chi connectivity index (χ1v) is 6.18. The van der Waals surface area contributed by atoms with Crippen molar-refractivity contribution in [3.05, 3.63) is 22.8 Å². The summed E-state index contributed by atoms with van der Waals surface area (Å²) < 4.78 is 10.2. The quantitative estimate of drug-likeness (QED) is 0.493. The van der Waals surface area contributed by atoms with Crippen LogP contribution in [-0.2, 0) is 6.42 Å². The number of benzene rings is 1. The molecule has 1 rings (SSSR count). The fourth-order valence-electron chi connectivity index (χ4n) is 1.97. The lowest BCUT2D eigenvalue weighted by molar-refractivity contribution is 0.101. The number of rotatable bonds is 5. The van der Waals surface area contributed by atoms with Gasteiger partial charge in [-0.15, -0.1) is 0 Å². The molecule has 110 valence electrons. The fraction of sp³-hybridized carbons (Fsp3) is 0.400. The summed E-state index contributed by atoms with van der Waals surface area (Å²) in [6.45, 7) is 5.13. The van der Waals surface area contributed by atoms with Gasteiger partial charge in [0.25, 0.3) is 0 Å². The van der Waals surface area contributed by atoms with Crippen molar-refractivity contribution in [2.75, 3.05) is 14.2 Å². The Kier molecular flexibility index (Phi) is 5.02. The number of hydrogen-bond acceptors (Lipinski definition) is 5. The van der Waals surface area contributed by atoms with Gasteiger partial charge in [-0.3, -0.25) is 4.79 Å². The highest BCUT2D eigenvalue weighted by Crippen LogP contribution is 2.48. The maximum atomic E-state index is 11.7. The van der Waals surface area contributed by atoms with Gasteiger partial charge in [0, 0.05) is 5.56 Å². The zero-order valence-electron chi connectivity index (χ0n) is 12.4. The van der Waals surface area contributed by atoms with Gasteiger partial charge in [-0.2, -0.15) is 0 Å². The minimum absolute atomic E-state index is 0.0389. The second-order valence-corrected chi connectivity index (χ2v) is 4.66. The zero-order valence-corrected chi connectivity index (χ0v) is 12.4. The molecule has 0 radical (unpaired) electrons. The van der Waals surface area contributed by atoms with Gasteiger partial charge in [0.15, 0.2) is 17.3 Å². The van der Waals surface area contributed by atoms with Crippen LogP contribution >= 0.6 is 0 Å². The molecule has 0 bridgehead atoms. The van der Waals surface area contributed by atoms with E-state index < -0.39 is 5.78 Å². The first kappa shape index (κ1) is 15.9. The van der Waals surface area contributed by atoms with Crippen molar-refractivity contribution >= 4 is 5.78 Å². The highest BCUT2D eigenvalue weighted by atomic mass is 16.5. The summed E-state index contributed by atoms with van der Waals surface area (Å²) in [5.41, 5.74) is 1.37. The van der Waals surface area contributed by atoms with Crippen LogP contribution in [0, 0.1) is 0 Å². The van der Waals surface area contributed by atoms with Gasteiger partial charge in [-0.25, -0.2) is 0 Å². The topological polar surface area (TPSA) is 76.0 Å². The summed E-state index contributed by atoms with van der Waals surface area (Å²) in [6.07, 6.45) is 2.21. The molecule has 1 aromatic carbocycles. The predicted molar refractivity (Wildman–Crippen MR) is 76.0 cm³/mol. The van der Waals surface area contributed by atoms with Crippen molar-refractivity contribution in [3.8, 4) is 23.0 Å². The minimum atomic E-state index is -0.393. The SMILES string of the molecule is COc1c(O)c(OC)c(C(C)=O)c(O)c1CC=C(C)C. The Morgan fingerprint density at radius 1 is 1.05 bits per heavy atom. The van der Waals surface area contributed by atoms with Crippen molar-refractivity contribution in [2.24, 2.45) is 0 Å². The van der Waals surface area contributed by atoms with E-state index in [0.717, 1.165) is 5.57 Å². The van der Waals surface area contributed by atoms with Crippen molar-refractivity contribution in [1.29, 1.82) is 0 Å². The van der Waals surface area contributed by atoms with Crippen LogP contribution in [0.25, 0.3) is 0 Å².